The molecule has 0 fully saturated rings. The first-order valence-electron chi connectivity index (χ1n) is 7.45. The van der Waals surface area contributed by atoms with E-state index in [1.807, 2.05) is 17.5 Å². The van der Waals surface area contributed by atoms with Crippen molar-refractivity contribution in [1.29, 1.82) is 0 Å². The van der Waals surface area contributed by atoms with Crippen LogP contribution in [0.4, 0.5) is 5.82 Å². The third kappa shape index (κ3) is 3.10. The van der Waals surface area contributed by atoms with Crippen molar-refractivity contribution in [1.82, 2.24) is 19.3 Å². The summed E-state index contributed by atoms with van der Waals surface area (Å²) < 4.78 is 7.45. The summed E-state index contributed by atoms with van der Waals surface area (Å²) in [5.74, 6) is -0.320. The number of nitrogens with two attached hydrogens (primary N) is 1. The van der Waals surface area contributed by atoms with Gasteiger partial charge in [0, 0.05) is 14.1 Å². The van der Waals surface area contributed by atoms with Crippen LogP contribution >= 0.6 is 23.1 Å². The van der Waals surface area contributed by atoms with E-state index in [9.17, 15) is 14.4 Å². The maximum absolute atomic E-state index is 12.7. The molecule has 0 saturated carbocycles. The number of carbonyl (C=O) groups excluding carboxylic acids is 1. The topological polar surface area (TPSA) is 126 Å². The monoisotopic (exact) mass is 393 g/mol. The standard InChI is InChI=1S/C15H15N5O4S2/c1-7(26-14-18-17-12(24-14)8-5-4-6-25-8)10(21)9-11(16)19(2)15(23)20(3)13(9)22/h4-7H,16H2,1-3H3. The van der Waals surface area contributed by atoms with E-state index in [-0.39, 0.29) is 16.6 Å². The zero-order chi connectivity index (χ0) is 19.0. The molecule has 3 aromatic rings. The number of nitrogens with zero attached hydrogens (tertiary/aromatic N) is 4. The number of thioether (sulfide) groups is 1. The molecule has 0 bridgehead atoms. The fourth-order valence-electron chi connectivity index (χ4n) is 2.26. The van der Waals surface area contributed by atoms with Crippen molar-refractivity contribution in [2.24, 2.45) is 14.1 Å². The third-order valence-electron chi connectivity index (χ3n) is 3.74. The molecule has 0 saturated heterocycles. The Morgan fingerprint density at radius 3 is 2.69 bits per heavy atom. The van der Waals surface area contributed by atoms with Gasteiger partial charge in [-0.25, -0.2) is 4.79 Å². The highest BCUT2D eigenvalue weighted by Crippen LogP contribution is 2.29. The van der Waals surface area contributed by atoms with Crippen LogP contribution in [0.2, 0.25) is 0 Å². The van der Waals surface area contributed by atoms with Crippen molar-refractivity contribution in [2.75, 3.05) is 5.73 Å². The molecule has 26 heavy (non-hydrogen) atoms. The number of thiophene rings is 1. The molecule has 2 N–H and O–H groups in total. The number of Topliss-reactive ketones (excluding diaryl/α,β-unsaturated/α-hetero) is 1. The first-order chi connectivity index (χ1) is 12.3. The van der Waals surface area contributed by atoms with Crippen LogP contribution in [0.3, 0.4) is 0 Å². The maximum atomic E-state index is 12.7. The fraction of sp³-hybridized carbons (Fsp3) is 0.267. The van der Waals surface area contributed by atoms with Crippen LogP contribution in [0.25, 0.3) is 10.8 Å². The molecule has 0 spiro atoms. The lowest BCUT2D eigenvalue weighted by molar-refractivity contribution is 0.0991. The van der Waals surface area contributed by atoms with Crippen molar-refractivity contribution < 1.29 is 9.21 Å². The molecule has 136 valence electrons. The van der Waals surface area contributed by atoms with Crippen LogP contribution in [0, 0.1) is 0 Å². The summed E-state index contributed by atoms with van der Waals surface area (Å²) in [6.45, 7) is 1.60. The molecule has 0 aromatic carbocycles. The Bertz CT molecular complexity index is 1080. The number of nitrogen functional groups attached to an aromatic ring is 1. The average Bonchev–Trinajstić information content (AvgIpc) is 3.29. The Labute approximate surface area is 155 Å². The summed E-state index contributed by atoms with van der Waals surface area (Å²) >= 11 is 2.48. The number of anilines is 1. The van der Waals surface area contributed by atoms with E-state index in [4.69, 9.17) is 10.2 Å². The minimum absolute atomic E-state index is 0.166. The Kier molecular flexibility index (Phi) is 4.83. The van der Waals surface area contributed by atoms with Crippen molar-refractivity contribution in [2.45, 2.75) is 17.4 Å². The number of ketones is 1. The second kappa shape index (κ2) is 6.92. The molecule has 3 aromatic heterocycles. The van der Waals surface area contributed by atoms with Gasteiger partial charge in [-0.3, -0.25) is 18.7 Å². The van der Waals surface area contributed by atoms with Crippen molar-refractivity contribution in [3.8, 4) is 10.8 Å². The van der Waals surface area contributed by atoms with Gasteiger partial charge in [0.15, 0.2) is 5.78 Å². The molecule has 9 nitrogen and oxygen atoms in total. The van der Waals surface area contributed by atoms with Gasteiger partial charge in [-0.05, 0) is 18.4 Å². The first kappa shape index (κ1) is 18.1. The van der Waals surface area contributed by atoms with Gasteiger partial charge in [0.1, 0.15) is 11.4 Å². The summed E-state index contributed by atoms with van der Waals surface area (Å²) in [5, 5.41) is 9.24. The quantitative estimate of drug-likeness (QED) is 0.505. The lowest BCUT2D eigenvalue weighted by Crippen LogP contribution is -2.42. The van der Waals surface area contributed by atoms with Crippen LogP contribution in [0.15, 0.2) is 36.7 Å². The Hall–Kier alpha value is -2.66. The van der Waals surface area contributed by atoms with Gasteiger partial charge in [-0.1, -0.05) is 17.8 Å². The molecule has 0 aliphatic carbocycles. The summed E-state index contributed by atoms with van der Waals surface area (Å²) in [4.78, 5) is 37.7. The summed E-state index contributed by atoms with van der Waals surface area (Å²) in [7, 11) is 2.70. The normalized spacial score (nSPS) is 12.3. The highest BCUT2D eigenvalue weighted by Gasteiger charge is 2.27. The second-order valence-electron chi connectivity index (χ2n) is 5.44. The summed E-state index contributed by atoms with van der Waals surface area (Å²) in [5.41, 5.74) is 4.27. The van der Waals surface area contributed by atoms with Crippen molar-refractivity contribution >= 4 is 34.7 Å². The van der Waals surface area contributed by atoms with Crippen LogP contribution in [-0.4, -0.2) is 30.4 Å². The smallest absolute Gasteiger partial charge is 0.332 e. The SMILES string of the molecule is CC(Sc1nnc(-c2cccs2)o1)C(=O)c1c(N)n(C)c(=O)n(C)c1=O. The van der Waals surface area contributed by atoms with E-state index in [2.05, 4.69) is 10.2 Å². The summed E-state index contributed by atoms with van der Waals surface area (Å²) in [6.07, 6.45) is 0. The van der Waals surface area contributed by atoms with Crippen molar-refractivity contribution in [3.63, 3.8) is 0 Å². The average molecular weight is 393 g/mol. The lowest BCUT2D eigenvalue weighted by Gasteiger charge is -2.13. The number of hydrogen-bond acceptors (Lipinski definition) is 9. The predicted molar refractivity (Wildman–Crippen MR) is 98.6 cm³/mol. The van der Waals surface area contributed by atoms with E-state index >= 15 is 0 Å². The van der Waals surface area contributed by atoms with Gasteiger partial charge in [-0.2, -0.15) is 0 Å². The molecular formula is C15H15N5O4S2. The second-order valence-corrected chi connectivity index (χ2v) is 7.68. The molecule has 1 atom stereocenters. The first-order valence-corrected chi connectivity index (χ1v) is 9.21. The molecule has 0 aliphatic rings. The molecule has 11 heteroatoms. The molecular weight excluding hydrogens is 378 g/mol. The van der Waals surface area contributed by atoms with E-state index in [1.165, 1.54) is 25.4 Å². The number of aromatic nitrogens is 4. The van der Waals surface area contributed by atoms with E-state index in [0.717, 1.165) is 25.8 Å². The van der Waals surface area contributed by atoms with Crippen molar-refractivity contribution in [3.05, 3.63) is 43.9 Å². The molecule has 0 radical (unpaired) electrons. The predicted octanol–water partition coefficient (Wildman–Crippen LogP) is 1.14. The van der Waals surface area contributed by atoms with E-state index in [1.54, 1.807) is 6.92 Å². The molecule has 1 unspecified atom stereocenters. The Morgan fingerprint density at radius 1 is 1.31 bits per heavy atom. The number of hydrogen-bond donors (Lipinski definition) is 1. The van der Waals surface area contributed by atoms with Gasteiger partial charge in [-0.15, -0.1) is 21.5 Å². The van der Waals surface area contributed by atoms with E-state index in [0.29, 0.717) is 5.89 Å². The zero-order valence-corrected chi connectivity index (χ0v) is 15.8. The zero-order valence-electron chi connectivity index (χ0n) is 14.1. The van der Waals surface area contributed by atoms with Crippen LogP contribution in [0.1, 0.15) is 17.3 Å². The van der Waals surface area contributed by atoms with E-state index < -0.39 is 22.3 Å². The molecule has 3 rings (SSSR count). The fourth-order valence-corrected chi connectivity index (χ4v) is 3.64. The lowest BCUT2D eigenvalue weighted by atomic mass is 10.1. The highest BCUT2D eigenvalue weighted by atomic mass is 32.2. The molecule has 3 heterocycles. The Balaban J connectivity index is 1.88. The minimum atomic E-state index is -0.729. The number of rotatable bonds is 5. The minimum Gasteiger partial charge on any atom is -0.410 e. The van der Waals surface area contributed by atoms with Gasteiger partial charge in [0.2, 0.25) is 0 Å². The third-order valence-corrected chi connectivity index (χ3v) is 5.53. The number of carbonyl (C=O) groups is 1. The Morgan fingerprint density at radius 2 is 2.04 bits per heavy atom. The van der Waals surface area contributed by atoms with Gasteiger partial charge < -0.3 is 10.2 Å². The van der Waals surface area contributed by atoms with Gasteiger partial charge >= 0.3 is 5.69 Å². The maximum Gasteiger partial charge on any atom is 0.332 e. The van der Waals surface area contributed by atoms with Crippen LogP contribution < -0.4 is 17.0 Å². The highest BCUT2D eigenvalue weighted by molar-refractivity contribution is 8.00. The molecule has 0 aliphatic heterocycles. The van der Waals surface area contributed by atoms with Gasteiger partial charge in [0.25, 0.3) is 16.7 Å². The largest absolute Gasteiger partial charge is 0.410 e. The van der Waals surface area contributed by atoms with Crippen LogP contribution in [-0.2, 0) is 14.1 Å². The summed E-state index contributed by atoms with van der Waals surface area (Å²) in [6, 6.07) is 3.71. The van der Waals surface area contributed by atoms with Crippen LogP contribution in [0.5, 0.6) is 0 Å². The molecule has 0 amide bonds. The van der Waals surface area contributed by atoms with Gasteiger partial charge in [0.05, 0.1) is 10.1 Å².